The SMILES string of the molecule is Brc1ccc(C2(Cc3nnn(C(c4ccccc4)(c4ccccc4)c4ccccc4)n3)C3CC4CC2CC(C3)C42OCCO2)cc1. The van der Waals surface area contributed by atoms with Gasteiger partial charge in [0.2, 0.25) is 0 Å². The first-order valence-corrected chi connectivity index (χ1v) is 17.4. The summed E-state index contributed by atoms with van der Waals surface area (Å²) in [6.45, 7) is 1.44. The fourth-order valence-corrected chi connectivity index (χ4v) is 10.3. The van der Waals surface area contributed by atoms with Gasteiger partial charge in [0.1, 0.15) is 0 Å². The maximum absolute atomic E-state index is 6.43. The first kappa shape index (κ1) is 28.6. The van der Waals surface area contributed by atoms with Crippen molar-refractivity contribution in [3.63, 3.8) is 0 Å². The van der Waals surface area contributed by atoms with Gasteiger partial charge in [0.05, 0.1) is 13.2 Å². The molecule has 0 atom stereocenters. The van der Waals surface area contributed by atoms with Crippen LogP contribution in [0.2, 0.25) is 0 Å². The summed E-state index contributed by atoms with van der Waals surface area (Å²) >= 11 is 3.69. The summed E-state index contributed by atoms with van der Waals surface area (Å²) in [5.74, 6) is 2.34. The van der Waals surface area contributed by atoms with Crippen molar-refractivity contribution in [2.75, 3.05) is 13.2 Å². The number of benzene rings is 4. The third-order valence-electron chi connectivity index (χ3n) is 11.8. The average molecular weight is 674 g/mol. The molecule has 1 saturated heterocycles. The summed E-state index contributed by atoms with van der Waals surface area (Å²) in [5.41, 5.74) is 3.81. The van der Waals surface area contributed by atoms with E-state index in [9.17, 15) is 0 Å². The molecule has 1 aromatic heterocycles. The van der Waals surface area contributed by atoms with Crippen LogP contribution in [0.1, 0.15) is 53.8 Å². The molecular weight excluding hydrogens is 636 g/mol. The van der Waals surface area contributed by atoms with E-state index >= 15 is 0 Å². The largest absolute Gasteiger partial charge is 0.347 e. The first-order chi connectivity index (χ1) is 22.6. The Morgan fingerprint density at radius 2 is 1.13 bits per heavy atom. The number of hydrogen-bond acceptors (Lipinski definition) is 5. The second kappa shape index (κ2) is 11.0. The summed E-state index contributed by atoms with van der Waals surface area (Å²) in [4.78, 5) is 1.88. The Morgan fingerprint density at radius 1 is 0.652 bits per heavy atom. The Hall–Kier alpha value is -3.65. The summed E-state index contributed by atoms with van der Waals surface area (Å²) < 4.78 is 14.0. The van der Waals surface area contributed by atoms with Gasteiger partial charge in [0.25, 0.3) is 0 Å². The normalized spacial score (nSPS) is 27.8. The Kier molecular flexibility index (Phi) is 6.81. The Balaban J connectivity index is 1.17. The molecule has 10 rings (SSSR count). The van der Waals surface area contributed by atoms with Crippen LogP contribution < -0.4 is 0 Å². The van der Waals surface area contributed by atoms with Gasteiger partial charge in [0.15, 0.2) is 17.2 Å². The van der Waals surface area contributed by atoms with Crippen molar-refractivity contribution in [1.29, 1.82) is 0 Å². The van der Waals surface area contributed by atoms with Crippen LogP contribution in [0.3, 0.4) is 0 Å². The summed E-state index contributed by atoms with van der Waals surface area (Å²) in [7, 11) is 0. The Bertz CT molecular complexity index is 1690. The highest BCUT2D eigenvalue weighted by molar-refractivity contribution is 9.10. The third-order valence-corrected chi connectivity index (χ3v) is 12.3. The molecule has 4 bridgehead atoms. The van der Waals surface area contributed by atoms with Gasteiger partial charge in [-0.05, 0) is 77.1 Å². The van der Waals surface area contributed by atoms with Crippen LogP contribution in [0.5, 0.6) is 0 Å². The van der Waals surface area contributed by atoms with Crippen LogP contribution in [0.4, 0.5) is 0 Å². The lowest BCUT2D eigenvalue weighted by Crippen LogP contribution is -2.66. The van der Waals surface area contributed by atoms with E-state index in [1.807, 2.05) is 4.80 Å². The van der Waals surface area contributed by atoms with Crippen molar-refractivity contribution in [1.82, 2.24) is 20.2 Å². The molecule has 5 aromatic rings. The van der Waals surface area contributed by atoms with E-state index in [1.54, 1.807) is 0 Å². The third kappa shape index (κ3) is 4.11. The zero-order chi connectivity index (χ0) is 30.8. The average Bonchev–Trinajstić information content (AvgIpc) is 3.77. The molecule has 1 spiro atoms. The van der Waals surface area contributed by atoms with Gasteiger partial charge in [-0.25, -0.2) is 0 Å². The molecule has 0 radical (unpaired) electrons. The smallest absolute Gasteiger partial charge is 0.175 e. The molecule has 46 heavy (non-hydrogen) atoms. The fourth-order valence-electron chi connectivity index (χ4n) is 10.1. The van der Waals surface area contributed by atoms with Crippen molar-refractivity contribution >= 4 is 15.9 Å². The lowest BCUT2D eigenvalue weighted by molar-refractivity contribution is -0.301. The van der Waals surface area contributed by atoms with E-state index in [2.05, 4.69) is 131 Å². The van der Waals surface area contributed by atoms with Gasteiger partial charge in [-0.1, -0.05) is 119 Å². The van der Waals surface area contributed by atoms with Gasteiger partial charge < -0.3 is 9.47 Å². The molecule has 1 aliphatic heterocycles. The number of aromatic nitrogens is 4. The second-order valence-electron chi connectivity index (χ2n) is 13.7. The monoisotopic (exact) mass is 672 g/mol. The van der Waals surface area contributed by atoms with E-state index in [4.69, 9.17) is 24.9 Å². The Labute approximate surface area is 278 Å². The molecule has 6 nitrogen and oxygen atoms in total. The topological polar surface area (TPSA) is 62.1 Å². The number of halogens is 1. The molecule has 5 aliphatic rings. The van der Waals surface area contributed by atoms with Crippen LogP contribution in [-0.4, -0.2) is 39.2 Å². The van der Waals surface area contributed by atoms with Gasteiger partial charge in [0, 0.05) is 28.1 Å². The van der Waals surface area contributed by atoms with Crippen molar-refractivity contribution in [3.8, 4) is 0 Å². The molecule has 5 fully saturated rings. The first-order valence-electron chi connectivity index (χ1n) is 16.6. The van der Waals surface area contributed by atoms with Gasteiger partial charge >= 0.3 is 0 Å². The quantitative estimate of drug-likeness (QED) is 0.167. The lowest BCUT2D eigenvalue weighted by atomic mass is 9.41. The fraction of sp³-hybridized carbons (Fsp3) is 0.359. The molecule has 232 valence electrons. The molecule has 0 amide bonds. The van der Waals surface area contributed by atoms with Gasteiger partial charge in [-0.15, -0.1) is 15.0 Å². The van der Waals surface area contributed by atoms with Crippen LogP contribution in [0, 0.1) is 23.7 Å². The summed E-state index contributed by atoms with van der Waals surface area (Å²) in [6.07, 6.45) is 5.20. The van der Waals surface area contributed by atoms with Crippen LogP contribution in [0.25, 0.3) is 0 Å². The van der Waals surface area contributed by atoms with E-state index in [0.717, 1.165) is 72.3 Å². The minimum absolute atomic E-state index is 0.0727. The number of nitrogens with zero attached hydrogens (tertiary/aromatic N) is 4. The van der Waals surface area contributed by atoms with Gasteiger partial charge in [-0.2, -0.15) is 0 Å². The lowest BCUT2D eigenvalue weighted by Gasteiger charge is -2.66. The second-order valence-corrected chi connectivity index (χ2v) is 14.6. The maximum Gasteiger partial charge on any atom is 0.175 e. The highest BCUT2D eigenvalue weighted by Gasteiger charge is 2.68. The molecule has 7 heteroatoms. The van der Waals surface area contributed by atoms with Crippen molar-refractivity contribution < 1.29 is 9.47 Å². The number of tetrazole rings is 1. The van der Waals surface area contributed by atoms with E-state index in [-0.39, 0.29) is 11.2 Å². The Morgan fingerprint density at radius 3 is 1.61 bits per heavy atom. The number of hydrogen-bond donors (Lipinski definition) is 0. The molecule has 4 aliphatic carbocycles. The van der Waals surface area contributed by atoms with Crippen molar-refractivity contribution in [2.45, 2.75) is 48.8 Å². The summed E-state index contributed by atoms with van der Waals surface area (Å²) in [6, 6.07) is 40.8. The standard InChI is InChI=1S/C39H37BrN4O2/c40-35-18-16-27(17-19-35)37(31-22-33-24-32(37)25-34(23-31)39(33)45-20-21-46-39)26-36-41-43-44(42-36)38(28-10-4-1-5-11-28,29-12-6-2-7-13-29)30-14-8-3-9-15-30/h1-19,31-34H,20-26H2. The number of rotatable bonds is 7. The zero-order valence-corrected chi connectivity index (χ0v) is 27.3. The van der Waals surface area contributed by atoms with Crippen LogP contribution >= 0.6 is 15.9 Å². The minimum Gasteiger partial charge on any atom is -0.347 e. The van der Waals surface area contributed by atoms with E-state index in [1.165, 1.54) is 5.56 Å². The minimum atomic E-state index is -0.784. The predicted octanol–water partition coefficient (Wildman–Crippen LogP) is 7.57. The van der Waals surface area contributed by atoms with Crippen molar-refractivity contribution in [2.24, 2.45) is 23.7 Å². The van der Waals surface area contributed by atoms with Crippen molar-refractivity contribution in [3.05, 3.63) is 148 Å². The maximum atomic E-state index is 6.43. The van der Waals surface area contributed by atoms with Gasteiger partial charge in [-0.3, -0.25) is 0 Å². The summed E-state index contributed by atoms with van der Waals surface area (Å²) in [5, 5.41) is 15.2. The zero-order valence-electron chi connectivity index (χ0n) is 25.7. The number of ether oxygens (including phenoxy) is 2. The van der Waals surface area contributed by atoms with E-state index in [0.29, 0.717) is 23.7 Å². The highest BCUT2D eigenvalue weighted by Crippen LogP contribution is 2.68. The highest BCUT2D eigenvalue weighted by atomic mass is 79.9. The molecule has 0 N–H and O–H groups in total. The van der Waals surface area contributed by atoms with E-state index < -0.39 is 5.54 Å². The predicted molar refractivity (Wildman–Crippen MR) is 179 cm³/mol. The molecular formula is C39H37BrN4O2. The molecule has 0 unspecified atom stereocenters. The van der Waals surface area contributed by atoms with Crippen LogP contribution in [-0.2, 0) is 26.8 Å². The molecule has 2 heterocycles. The molecule has 4 aromatic carbocycles. The molecule has 4 saturated carbocycles. The van der Waals surface area contributed by atoms with Crippen LogP contribution in [0.15, 0.2) is 120 Å².